The van der Waals surface area contributed by atoms with Gasteiger partial charge in [-0.15, -0.1) is 0 Å². The van der Waals surface area contributed by atoms with Crippen molar-refractivity contribution in [3.8, 4) is 11.8 Å². The average Bonchev–Trinajstić information content (AvgIpc) is 2.62. The number of hydrogen-bond acceptors (Lipinski definition) is 3. The first-order valence-corrected chi connectivity index (χ1v) is 8.10. The summed E-state index contributed by atoms with van der Waals surface area (Å²) in [7, 11) is 0. The zero-order chi connectivity index (χ0) is 16.9. The summed E-state index contributed by atoms with van der Waals surface area (Å²) >= 11 is 0. The van der Waals surface area contributed by atoms with E-state index in [-0.39, 0.29) is 11.9 Å². The Bertz CT molecular complexity index is 723. The van der Waals surface area contributed by atoms with E-state index in [1.165, 1.54) is 12.1 Å². The van der Waals surface area contributed by atoms with Gasteiger partial charge >= 0.3 is 0 Å². The molecule has 3 rings (SSSR count). The quantitative estimate of drug-likeness (QED) is 0.835. The van der Waals surface area contributed by atoms with Crippen LogP contribution in [0.4, 0.5) is 10.1 Å². The van der Waals surface area contributed by atoms with Crippen LogP contribution in [0.2, 0.25) is 0 Å². The molecule has 4 heteroatoms. The summed E-state index contributed by atoms with van der Waals surface area (Å²) < 4.78 is 12.8. The second kappa shape index (κ2) is 7.48. The normalized spacial score (nSPS) is 16.4. The highest BCUT2D eigenvalue weighted by molar-refractivity contribution is 5.49. The van der Waals surface area contributed by atoms with E-state index >= 15 is 0 Å². The number of piperidine rings is 1. The fourth-order valence-corrected chi connectivity index (χ4v) is 2.76. The Balaban J connectivity index is 1.66. The monoisotopic (exact) mass is 325 g/mol. The molecule has 124 valence electrons. The zero-order valence-electron chi connectivity index (χ0n) is 13.3. The molecule has 0 spiro atoms. The molecule has 1 heterocycles. The van der Waals surface area contributed by atoms with Crippen LogP contribution in [-0.4, -0.2) is 29.4 Å². The van der Waals surface area contributed by atoms with E-state index in [9.17, 15) is 14.6 Å². The van der Waals surface area contributed by atoms with Crippen LogP contribution in [0.3, 0.4) is 0 Å². The first kappa shape index (κ1) is 16.5. The van der Waals surface area contributed by atoms with E-state index in [1.807, 2.05) is 24.3 Å². The van der Waals surface area contributed by atoms with Crippen LogP contribution in [-0.2, 0) is 0 Å². The van der Waals surface area contributed by atoms with Crippen LogP contribution in [0.15, 0.2) is 48.5 Å². The topological polar surface area (TPSA) is 43.7 Å². The minimum absolute atomic E-state index is 0.191. The highest BCUT2D eigenvalue weighted by Crippen LogP contribution is 2.22. The summed E-state index contributed by atoms with van der Waals surface area (Å²) in [5.41, 5.74) is 2.48. The second-order valence-corrected chi connectivity index (χ2v) is 5.99. The molecule has 0 radical (unpaired) electrons. The van der Waals surface area contributed by atoms with Gasteiger partial charge in [-0.05, 0) is 54.8 Å². The molecule has 3 nitrogen and oxygen atoms in total. The van der Waals surface area contributed by atoms with Crippen molar-refractivity contribution in [1.82, 2.24) is 0 Å². The van der Waals surface area contributed by atoms with Crippen molar-refractivity contribution in [2.45, 2.75) is 25.0 Å². The molecule has 1 fully saturated rings. The molecule has 0 saturated carbocycles. The van der Waals surface area contributed by atoms with Crippen LogP contribution < -0.4 is 4.90 Å². The van der Waals surface area contributed by atoms with Gasteiger partial charge in [0.15, 0.2) is 0 Å². The van der Waals surface area contributed by atoms with Crippen molar-refractivity contribution in [1.29, 1.82) is 0 Å². The Labute approximate surface area is 141 Å². The average molecular weight is 325 g/mol. The molecule has 2 N–H and O–H groups in total. The molecule has 1 atom stereocenters. The lowest BCUT2D eigenvalue weighted by Gasteiger charge is -2.31. The maximum absolute atomic E-state index is 12.8. The van der Waals surface area contributed by atoms with Crippen molar-refractivity contribution in [3.63, 3.8) is 0 Å². The summed E-state index contributed by atoms with van der Waals surface area (Å²) in [5, 5.41) is 19.7. The van der Waals surface area contributed by atoms with E-state index in [1.54, 1.807) is 12.1 Å². The van der Waals surface area contributed by atoms with Gasteiger partial charge in [0.25, 0.3) is 0 Å². The van der Waals surface area contributed by atoms with Crippen molar-refractivity contribution in [2.24, 2.45) is 0 Å². The summed E-state index contributed by atoms with van der Waals surface area (Å²) in [5.74, 6) is 5.32. The minimum Gasteiger partial charge on any atom is -0.393 e. The van der Waals surface area contributed by atoms with Crippen LogP contribution in [0.5, 0.6) is 0 Å². The van der Waals surface area contributed by atoms with E-state index in [2.05, 4.69) is 16.7 Å². The molecule has 0 amide bonds. The number of anilines is 1. The Hall–Kier alpha value is -2.35. The lowest BCUT2D eigenvalue weighted by Crippen LogP contribution is -2.35. The predicted octanol–water partition coefficient (Wildman–Crippen LogP) is 2.87. The van der Waals surface area contributed by atoms with Gasteiger partial charge in [0.1, 0.15) is 11.9 Å². The fourth-order valence-electron chi connectivity index (χ4n) is 2.76. The SMILES string of the molecule is OC1CCN(c2ccc(C(O)C#Cc3ccc(F)cc3)cc2)CC1. The Kier molecular flexibility index (Phi) is 5.14. The molecular formula is C20H20FNO2. The number of benzene rings is 2. The van der Waals surface area contributed by atoms with E-state index in [0.717, 1.165) is 37.2 Å². The lowest BCUT2D eigenvalue weighted by molar-refractivity contribution is 0.145. The van der Waals surface area contributed by atoms with Gasteiger partial charge in [0.05, 0.1) is 6.10 Å². The molecule has 1 saturated heterocycles. The number of nitrogens with zero attached hydrogens (tertiary/aromatic N) is 1. The van der Waals surface area contributed by atoms with Crippen molar-refractivity contribution in [3.05, 3.63) is 65.5 Å². The summed E-state index contributed by atoms with van der Waals surface area (Å²) in [6, 6.07) is 13.5. The second-order valence-electron chi connectivity index (χ2n) is 5.99. The zero-order valence-corrected chi connectivity index (χ0v) is 13.3. The van der Waals surface area contributed by atoms with Gasteiger partial charge in [0, 0.05) is 24.3 Å². The molecule has 0 aliphatic carbocycles. The number of hydrogen-bond donors (Lipinski definition) is 2. The highest BCUT2D eigenvalue weighted by Gasteiger charge is 2.17. The number of aliphatic hydroxyl groups is 2. The largest absolute Gasteiger partial charge is 0.393 e. The molecular weight excluding hydrogens is 305 g/mol. The van der Waals surface area contributed by atoms with Gasteiger partial charge in [-0.3, -0.25) is 0 Å². The van der Waals surface area contributed by atoms with Crippen molar-refractivity contribution < 1.29 is 14.6 Å². The fraction of sp³-hybridized carbons (Fsp3) is 0.300. The molecule has 2 aromatic carbocycles. The number of halogens is 1. The lowest BCUT2D eigenvalue weighted by atomic mass is 10.1. The molecule has 1 unspecified atom stereocenters. The third-order valence-electron chi connectivity index (χ3n) is 4.24. The molecule has 1 aliphatic rings. The molecule has 0 bridgehead atoms. The van der Waals surface area contributed by atoms with Crippen LogP contribution in [0, 0.1) is 17.7 Å². The molecule has 2 aromatic rings. The van der Waals surface area contributed by atoms with Crippen LogP contribution >= 0.6 is 0 Å². The maximum Gasteiger partial charge on any atom is 0.140 e. The maximum atomic E-state index is 12.8. The summed E-state index contributed by atoms with van der Waals surface area (Å²) in [4.78, 5) is 2.23. The number of rotatable bonds is 2. The smallest absolute Gasteiger partial charge is 0.140 e. The Morgan fingerprint density at radius 2 is 1.62 bits per heavy atom. The standard InChI is InChI=1S/C20H20FNO2/c21-17-6-1-15(2-7-17)3-10-20(24)16-4-8-18(9-5-16)22-13-11-19(23)12-14-22/h1-2,4-9,19-20,23-24H,11-14H2. The van der Waals surface area contributed by atoms with Crippen molar-refractivity contribution >= 4 is 5.69 Å². The summed E-state index contributed by atoms with van der Waals surface area (Å²) in [6.07, 6.45) is 0.498. The minimum atomic E-state index is -0.882. The van der Waals surface area contributed by atoms with Gasteiger partial charge in [0.2, 0.25) is 0 Å². The summed E-state index contributed by atoms with van der Waals surface area (Å²) in [6.45, 7) is 1.68. The third-order valence-corrected chi connectivity index (χ3v) is 4.24. The molecule has 1 aliphatic heterocycles. The van der Waals surface area contributed by atoms with Crippen LogP contribution in [0.25, 0.3) is 0 Å². The Morgan fingerprint density at radius 3 is 2.25 bits per heavy atom. The van der Waals surface area contributed by atoms with Gasteiger partial charge in [-0.2, -0.15) is 0 Å². The molecule has 24 heavy (non-hydrogen) atoms. The molecule has 0 aromatic heterocycles. The van der Waals surface area contributed by atoms with E-state index < -0.39 is 6.10 Å². The van der Waals surface area contributed by atoms with Gasteiger partial charge in [-0.1, -0.05) is 24.0 Å². The number of aliphatic hydroxyl groups excluding tert-OH is 2. The van der Waals surface area contributed by atoms with E-state index in [0.29, 0.717) is 5.56 Å². The Morgan fingerprint density at radius 1 is 1.00 bits per heavy atom. The first-order chi connectivity index (χ1) is 11.6. The van der Waals surface area contributed by atoms with Gasteiger partial charge < -0.3 is 15.1 Å². The third kappa shape index (κ3) is 4.14. The van der Waals surface area contributed by atoms with Crippen LogP contribution in [0.1, 0.15) is 30.1 Å². The first-order valence-electron chi connectivity index (χ1n) is 8.10. The van der Waals surface area contributed by atoms with E-state index in [4.69, 9.17) is 0 Å². The van der Waals surface area contributed by atoms with Gasteiger partial charge in [-0.25, -0.2) is 4.39 Å². The highest BCUT2D eigenvalue weighted by atomic mass is 19.1. The van der Waals surface area contributed by atoms with Crippen molar-refractivity contribution in [2.75, 3.05) is 18.0 Å². The predicted molar refractivity (Wildman–Crippen MR) is 92.1 cm³/mol.